The summed E-state index contributed by atoms with van der Waals surface area (Å²) in [5, 5.41) is 2.62. The fourth-order valence-corrected chi connectivity index (χ4v) is 5.85. The third-order valence-electron chi connectivity index (χ3n) is 6.14. The van der Waals surface area contributed by atoms with Crippen molar-refractivity contribution in [2.45, 2.75) is 30.8 Å². The van der Waals surface area contributed by atoms with Crippen molar-refractivity contribution in [2.24, 2.45) is 0 Å². The fraction of sp³-hybridized carbons (Fsp3) is 0.222. The van der Waals surface area contributed by atoms with Gasteiger partial charge in [-0.2, -0.15) is 0 Å². The van der Waals surface area contributed by atoms with Gasteiger partial charge in [0.05, 0.1) is 5.56 Å². The molecule has 0 radical (unpaired) electrons. The van der Waals surface area contributed by atoms with E-state index in [0.29, 0.717) is 4.31 Å². The van der Waals surface area contributed by atoms with Gasteiger partial charge in [0.15, 0.2) is 0 Å². The summed E-state index contributed by atoms with van der Waals surface area (Å²) in [5.41, 5.74) is 2.63. The van der Waals surface area contributed by atoms with Crippen molar-refractivity contribution in [2.75, 3.05) is 13.6 Å². The minimum atomic E-state index is -4.18. The zero-order valence-corrected chi connectivity index (χ0v) is 20.9. The number of carbonyl (C=O) groups excluding carboxylic acids is 3. The first-order chi connectivity index (χ1) is 17.2. The zero-order chi connectivity index (χ0) is 25.9. The molecule has 1 heterocycles. The van der Waals surface area contributed by atoms with Crippen LogP contribution >= 0.6 is 0 Å². The molecule has 4 rings (SSSR count). The van der Waals surface area contributed by atoms with Gasteiger partial charge in [-0.1, -0.05) is 72.3 Å². The summed E-state index contributed by atoms with van der Waals surface area (Å²) < 4.78 is 26.7. The molecule has 0 aromatic heterocycles. The van der Waals surface area contributed by atoms with Gasteiger partial charge >= 0.3 is 0 Å². The van der Waals surface area contributed by atoms with E-state index in [4.69, 9.17) is 0 Å². The number of fused-ring (bicyclic) bond motifs is 1. The average molecular weight is 506 g/mol. The van der Waals surface area contributed by atoms with E-state index in [-0.39, 0.29) is 23.4 Å². The quantitative estimate of drug-likeness (QED) is 0.507. The van der Waals surface area contributed by atoms with E-state index in [2.05, 4.69) is 5.32 Å². The molecule has 9 heteroatoms. The topological polar surface area (TPSA) is 104 Å². The summed E-state index contributed by atoms with van der Waals surface area (Å²) in [6.07, 6.45) is 0.221. The Morgan fingerprint density at radius 1 is 0.944 bits per heavy atom. The molecule has 0 fully saturated rings. The van der Waals surface area contributed by atoms with Crippen LogP contribution in [0.2, 0.25) is 0 Å². The van der Waals surface area contributed by atoms with Crippen LogP contribution in [0.5, 0.6) is 0 Å². The maximum atomic E-state index is 13.7. The molecule has 8 nitrogen and oxygen atoms in total. The smallest absolute Gasteiger partial charge is 0.269 e. The largest absolute Gasteiger partial charge is 0.357 e. The Bertz CT molecular complexity index is 1410. The zero-order valence-electron chi connectivity index (χ0n) is 20.0. The van der Waals surface area contributed by atoms with Gasteiger partial charge in [-0.25, -0.2) is 12.7 Å². The van der Waals surface area contributed by atoms with Gasteiger partial charge in [-0.3, -0.25) is 14.4 Å². The molecule has 3 amide bonds. The lowest BCUT2D eigenvalue weighted by Crippen LogP contribution is -2.52. The first kappa shape index (κ1) is 25.1. The molecule has 0 saturated carbocycles. The monoisotopic (exact) mass is 505 g/mol. The molecule has 0 unspecified atom stereocenters. The van der Waals surface area contributed by atoms with Crippen molar-refractivity contribution < 1.29 is 22.8 Å². The number of hydrogen-bond acceptors (Lipinski definition) is 5. The van der Waals surface area contributed by atoms with Crippen LogP contribution in [-0.4, -0.2) is 55.0 Å². The average Bonchev–Trinajstić information content (AvgIpc) is 3.07. The number of aryl methyl sites for hydroxylation is 1. The molecule has 1 N–H and O–H groups in total. The molecule has 0 spiro atoms. The Labute approximate surface area is 210 Å². The molecule has 1 atom stereocenters. The van der Waals surface area contributed by atoms with Gasteiger partial charge in [0.1, 0.15) is 17.5 Å². The van der Waals surface area contributed by atoms with Crippen LogP contribution in [0.1, 0.15) is 27.0 Å². The van der Waals surface area contributed by atoms with Crippen LogP contribution in [0.3, 0.4) is 0 Å². The Morgan fingerprint density at radius 3 is 2.28 bits per heavy atom. The van der Waals surface area contributed by atoms with Crippen molar-refractivity contribution in [3.8, 4) is 0 Å². The second-order valence-corrected chi connectivity index (χ2v) is 10.5. The number of amides is 3. The molecular weight excluding hydrogens is 478 g/mol. The molecule has 0 saturated heterocycles. The standard InChI is InChI=1S/C27H27N3O5S/c1-19-9-8-12-21(15-19)17-29(23(26(32)28-2)16-20-10-4-3-5-11-20)25(31)18-30-27(33)22-13-6-7-14-24(22)36(30,34)35/h3-15,23H,16-18H2,1-2H3,(H,28,32)/t23-/m1/s1. The minimum absolute atomic E-state index is 0.0303. The number of nitrogens with zero attached hydrogens (tertiary/aromatic N) is 2. The van der Waals surface area contributed by atoms with Crippen molar-refractivity contribution >= 4 is 27.7 Å². The van der Waals surface area contributed by atoms with Crippen LogP contribution in [-0.2, 0) is 32.6 Å². The van der Waals surface area contributed by atoms with Gasteiger partial charge in [0, 0.05) is 20.0 Å². The number of sulfonamides is 1. The van der Waals surface area contributed by atoms with Crippen LogP contribution in [0.4, 0.5) is 0 Å². The SMILES string of the molecule is CNC(=O)[C@@H](Cc1ccccc1)N(Cc1cccc(C)c1)C(=O)CN1C(=O)c2ccccc2S1(=O)=O. The first-order valence-electron chi connectivity index (χ1n) is 11.5. The van der Waals surface area contributed by atoms with Gasteiger partial charge in [-0.05, 0) is 30.2 Å². The summed E-state index contributed by atoms with van der Waals surface area (Å²) >= 11 is 0. The number of hydrogen-bond donors (Lipinski definition) is 1. The molecule has 1 aliphatic rings. The lowest BCUT2D eigenvalue weighted by Gasteiger charge is -2.32. The van der Waals surface area contributed by atoms with Gasteiger partial charge in [0.25, 0.3) is 15.9 Å². The third-order valence-corrected chi connectivity index (χ3v) is 7.93. The third kappa shape index (κ3) is 5.01. The van der Waals surface area contributed by atoms with E-state index in [1.165, 1.54) is 30.1 Å². The van der Waals surface area contributed by atoms with E-state index in [1.807, 2.05) is 61.5 Å². The summed E-state index contributed by atoms with van der Waals surface area (Å²) in [6, 6.07) is 21.7. The molecule has 1 aliphatic heterocycles. The molecule has 186 valence electrons. The van der Waals surface area contributed by atoms with Crippen molar-refractivity contribution in [3.63, 3.8) is 0 Å². The second kappa shape index (κ2) is 10.3. The van der Waals surface area contributed by atoms with Crippen molar-refractivity contribution in [1.29, 1.82) is 0 Å². The highest BCUT2D eigenvalue weighted by atomic mass is 32.2. The minimum Gasteiger partial charge on any atom is -0.357 e. The van der Waals surface area contributed by atoms with Crippen LogP contribution in [0.25, 0.3) is 0 Å². The van der Waals surface area contributed by atoms with E-state index in [1.54, 1.807) is 6.07 Å². The summed E-state index contributed by atoms with van der Waals surface area (Å²) in [6.45, 7) is 1.28. The van der Waals surface area contributed by atoms with Crippen LogP contribution in [0.15, 0.2) is 83.8 Å². The predicted octanol–water partition coefficient (Wildman–Crippen LogP) is 2.53. The number of rotatable bonds is 8. The predicted molar refractivity (Wildman–Crippen MR) is 134 cm³/mol. The van der Waals surface area contributed by atoms with Gasteiger partial charge in [-0.15, -0.1) is 0 Å². The summed E-state index contributed by atoms with van der Waals surface area (Å²) in [4.78, 5) is 40.9. The highest BCUT2D eigenvalue weighted by molar-refractivity contribution is 7.90. The van der Waals surface area contributed by atoms with Crippen molar-refractivity contribution in [3.05, 3.63) is 101 Å². The summed E-state index contributed by atoms with van der Waals surface area (Å²) in [5.74, 6) is -1.79. The Kier molecular flexibility index (Phi) is 7.21. The Balaban J connectivity index is 1.70. The Morgan fingerprint density at radius 2 is 1.61 bits per heavy atom. The number of carbonyl (C=O) groups is 3. The maximum Gasteiger partial charge on any atom is 0.269 e. The molecule has 36 heavy (non-hydrogen) atoms. The second-order valence-electron chi connectivity index (χ2n) is 8.64. The molecule has 3 aromatic rings. The molecule has 0 bridgehead atoms. The van der Waals surface area contributed by atoms with Gasteiger partial charge in [0.2, 0.25) is 11.8 Å². The lowest BCUT2D eigenvalue weighted by molar-refractivity contribution is -0.140. The highest BCUT2D eigenvalue weighted by Gasteiger charge is 2.43. The van der Waals surface area contributed by atoms with Crippen LogP contribution in [0, 0.1) is 6.92 Å². The van der Waals surface area contributed by atoms with Crippen molar-refractivity contribution in [1.82, 2.24) is 14.5 Å². The normalized spacial score (nSPS) is 14.7. The fourth-order valence-electron chi connectivity index (χ4n) is 4.33. The van der Waals surface area contributed by atoms with E-state index in [9.17, 15) is 22.8 Å². The van der Waals surface area contributed by atoms with E-state index >= 15 is 0 Å². The number of likely N-dealkylation sites (N-methyl/N-ethyl adjacent to an activating group) is 1. The van der Waals surface area contributed by atoms with Crippen LogP contribution < -0.4 is 5.32 Å². The molecule has 0 aliphatic carbocycles. The highest BCUT2D eigenvalue weighted by Crippen LogP contribution is 2.30. The number of nitrogens with one attached hydrogen (secondary N) is 1. The number of benzene rings is 3. The molecule has 3 aromatic carbocycles. The Hall–Kier alpha value is -3.98. The van der Waals surface area contributed by atoms with Gasteiger partial charge < -0.3 is 10.2 Å². The lowest BCUT2D eigenvalue weighted by atomic mass is 10.0. The molecular formula is C27H27N3O5S. The van der Waals surface area contributed by atoms with E-state index in [0.717, 1.165) is 16.7 Å². The first-order valence-corrected chi connectivity index (χ1v) is 12.9. The maximum absolute atomic E-state index is 13.7. The summed E-state index contributed by atoms with van der Waals surface area (Å²) in [7, 11) is -2.69. The van der Waals surface area contributed by atoms with E-state index < -0.39 is 40.3 Å².